The first kappa shape index (κ1) is 24.2. The summed E-state index contributed by atoms with van der Waals surface area (Å²) in [5.74, 6) is 0.945. The van der Waals surface area contributed by atoms with Crippen LogP contribution in [0.2, 0.25) is 5.02 Å². The molecule has 0 spiro atoms. The predicted octanol–water partition coefficient (Wildman–Crippen LogP) is 4.48. The van der Waals surface area contributed by atoms with Crippen LogP contribution in [0, 0.1) is 0 Å². The third-order valence-electron chi connectivity index (χ3n) is 6.80. The molecule has 1 fully saturated rings. The first-order valence-corrected chi connectivity index (χ1v) is 12.3. The molecule has 186 valence electrons. The van der Waals surface area contributed by atoms with E-state index in [2.05, 4.69) is 15.9 Å². The highest BCUT2D eigenvalue weighted by Crippen LogP contribution is 2.34. The van der Waals surface area contributed by atoms with E-state index in [0.29, 0.717) is 21.9 Å². The molecule has 7 nitrogen and oxygen atoms in total. The van der Waals surface area contributed by atoms with Gasteiger partial charge in [-0.05, 0) is 47.5 Å². The summed E-state index contributed by atoms with van der Waals surface area (Å²) in [6.07, 6.45) is 0. The Balaban J connectivity index is 1.28. The number of anilines is 1. The summed E-state index contributed by atoms with van der Waals surface area (Å²) < 4.78 is 10.8. The van der Waals surface area contributed by atoms with Gasteiger partial charge < -0.3 is 14.4 Å². The Morgan fingerprint density at radius 2 is 1.47 bits per heavy atom. The van der Waals surface area contributed by atoms with E-state index in [1.165, 1.54) is 4.90 Å². The number of carbonyl (C=O) groups is 2. The number of ether oxygens (including phenoxy) is 2. The lowest BCUT2D eigenvalue weighted by molar-refractivity contribution is 0.0642. The van der Waals surface area contributed by atoms with Crippen molar-refractivity contribution in [2.45, 2.75) is 13.1 Å². The molecule has 0 aromatic heterocycles. The van der Waals surface area contributed by atoms with Crippen molar-refractivity contribution in [1.29, 1.82) is 0 Å². The fraction of sp³-hybridized carbons (Fsp3) is 0.286. The van der Waals surface area contributed by atoms with Gasteiger partial charge in [0.25, 0.3) is 11.8 Å². The molecular weight excluding hydrogens is 478 g/mol. The maximum absolute atomic E-state index is 13.4. The van der Waals surface area contributed by atoms with Crippen LogP contribution in [0.25, 0.3) is 0 Å². The van der Waals surface area contributed by atoms with Crippen LogP contribution in [-0.2, 0) is 13.1 Å². The van der Waals surface area contributed by atoms with Gasteiger partial charge >= 0.3 is 0 Å². The summed E-state index contributed by atoms with van der Waals surface area (Å²) in [6.45, 7) is 4.24. The Labute approximate surface area is 215 Å². The lowest BCUT2D eigenvalue weighted by Crippen LogP contribution is -2.46. The van der Waals surface area contributed by atoms with Gasteiger partial charge in [-0.25, -0.2) is 0 Å². The second-order valence-corrected chi connectivity index (χ2v) is 9.41. The van der Waals surface area contributed by atoms with Gasteiger partial charge in [0.05, 0.1) is 37.6 Å². The minimum Gasteiger partial charge on any atom is -0.493 e. The van der Waals surface area contributed by atoms with Crippen molar-refractivity contribution in [2.75, 3.05) is 45.3 Å². The van der Waals surface area contributed by atoms with Crippen molar-refractivity contribution in [3.63, 3.8) is 0 Å². The van der Waals surface area contributed by atoms with E-state index in [0.717, 1.165) is 55.3 Å². The van der Waals surface area contributed by atoms with Crippen molar-refractivity contribution < 1.29 is 19.1 Å². The Morgan fingerprint density at radius 3 is 2.17 bits per heavy atom. The van der Waals surface area contributed by atoms with Crippen molar-refractivity contribution in [3.8, 4) is 11.5 Å². The quantitative estimate of drug-likeness (QED) is 0.441. The molecular formula is C28H28ClN3O4. The molecule has 0 unspecified atom stereocenters. The molecule has 5 rings (SSSR count). The third kappa shape index (κ3) is 4.64. The Kier molecular flexibility index (Phi) is 6.85. The van der Waals surface area contributed by atoms with Gasteiger partial charge in [-0.1, -0.05) is 35.9 Å². The van der Waals surface area contributed by atoms with Crippen LogP contribution in [0.4, 0.5) is 5.69 Å². The summed E-state index contributed by atoms with van der Waals surface area (Å²) >= 11 is 5.98. The molecule has 3 aromatic carbocycles. The van der Waals surface area contributed by atoms with E-state index >= 15 is 0 Å². The largest absolute Gasteiger partial charge is 0.493 e. The lowest BCUT2D eigenvalue weighted by atomic mass is 10.1. The molecule has 0 atom stereocenters. The predicted molar refractivity (Wildman–Crippen MR) is 139 cm³/mol. The molecule has 0 saturated carbocycles. The number of imide groups is 1. The van der Waals surface area contributed by atoms with E-state index in [-0.39, 0.29) is 18.4 Å². The van der Waals surface area contributed by atoms with Crippen LogP contribution >= 0.6 is 11.6 Å². The number of nitrogens with zero attached hydrogens (tertiary/aromatic N) is 3. The van der Waals surface area contributed by atoms with Gasteiger partial charge in [0.15, 0.2) is 11.5 Å². The number of hydrogen-bond donors (Lipinski definition) is 0. The highest BCUT2D eigenvalue weighted by molar-refractivity contribution is 6.30. The number of carbonyl (C=O) groups excluding carboxylic acids is 2. The number of methoxy groups -OCH3 is 2. The zero-order chi connectivity index (χ0) is 25.2. The van der Waals surface area contributed by atoms with E-state index in [1.807, 2.05) is 36.4 Å². The molecule has 36 heavy (non-hydrogen) atoms. The summed E-state index contributed by atoms with van der Waals surface area (Å²) in [6, 6.07) is 18.7. The lowest BCUT2D eigenvalue weighted by Gasteiger charge is -2.36. The average molecular weight is 506 g/mol. The molecule has 0 N–H and O–H groups in total. The van der Waals surface area contributed by atoms with Crippen molar-refractivity contribution in [2.24, 2.45) is 0 Å². The van der Waals surface area contributed by atoms with Crippen molar-refractivity contribution >= 4 is 29.1 Å². The monoisotopic (exact) mass is 505 g/mol. The van der Waals surface area contributed by atoms with Gasteiger partial charge in [-0.3, -0.25) is 19.4 Å². The van der Waals surface area contributed by atoms with Gasteiger partial charge in [0, 0.05) is 37.7 Å². The molecule has 0 radical (unpaired) electrons. The molecule has 1 saturated heterocycles. The maximum Gasteiger partial charge on any atom is 0.263 e. The van der Waals surface area contributed by atoms with Gasteiger partial charge in [0.1, 0.15) is 0 Å². The summed E-state index contributed by atoms with van der Waals surface area (Å²) in [5, 5.41) is 0.619. The van der Waals surface area contributed by atoms with Crippen LogP contribution in [0.1, 0.15) is 31.8 Å². The number of amides is 2. The average Bonchev–Trinajstić information content (AvgIpc) is 3.15. The molecule has 2 aliphatic rings. The highest BCUT2D eigenvalue weighted by Gasteiger charge is 2.38. The highest BCUT2D eigenvalue weighted by atomic mass is 35.5. The van der Waals surface area contributed by atoms with Gasteiger partial charge in [-0.15, -0.1) is 0 Å². The summed E-state index contributed by atoms with van der Waals surface area (Å²) in [5.41, 5.74) is 3.82. The van der Waals surface area contributed by atoms with Crippen LogP contribution in [0.3, 0.4) is 0 Å². The van der Waals surface area contributed by atoms with Gasteiger partial charge in [-0.2, -0.15) is 0 Å². The topological polar surface area (TPSA) is 62.3 Å². The Bertz CT molecular complexity index is 1290. The zero-order valence-electron chi connectivity index (χ0n) is 20.4. The third-order valence-corrected chi connectivity index (χ3v) is 7.05. The van der Waals surface area contributed by atoms with E-state index in [9.17, 15) is 9.59 Å². The van der Waals surface area contributed by atoms with Gasteiger partial charge in [0.2, 0.25) is 0 Å². The van der Waals surface area contributed by atoms with Crippen LogP contribution < -0.4 is 14.4 Å². The number of fused-ring (bicyclic) bond motifs is 1. The summed E-state index contributed by atoms with van der Waals surface area (Å²) in [7, 11) is 3.27. The first-order valence-electron chi connectivity index (χ1n) is 11.9. The minimum absolute atomic E-state index is 0.224. The molecule has 0 bridgehead atoms. The smallest absolute Gasteiger partial charge is 0.263 e. The molecule has 2 aliphatic heterocycles. The number of benzene rings is 3. The molecule has 0 aliphatic carbocycles. The normalized spacial score (nSPS) is 15.9. The molecule has 8 heteroatoms. The van der Waals surface area contributed by atoms with Crippen LogP contribution in [0.5, 0.6) is 11.5 Å². The molecule has 2 amide bonds. The first-order chi connectivity index (χ1) is 17.5. The van der Waals surface area contributed by atoms with Crippen molar-refractivity contribution in [3.05, 3.63) is 87.9 Å². The maximum atomic E-state index is 13.4. The minimum atomic E-state index is -0.251. The number of hydrogen-bond acceptors (Lipinski definition) is 6. The second kappa shape index (κ2) is 10.2. The second-order valence-electron chi connectivity index (χ2n) is 8.98. The standard InChI is InChI=1S/C28H28ClN3O4/c1-35-24-11-8-20(16-25(24)36-2)17-30-12-14-31(15-13-30)23-5-3-4-22-26(23)28(34)32(27(22)33)18-19-6-9-21(29)10-7-19/h3-11,16H,12-15,17-18H2,1-2H3. The Hall–Kier alpha value is -3.55. The number of piperazine rings is 1. The number of rotatable bonds is 7. The van der Waals surface area contributed by atoms with E-state index in [4.69, 9.17) is 21.1 Å². The molecule has 2 heterocycles. The van der Waals surface area contributed by atoms with Crippen LogP contribution in [-0.4, -0.2) is 62.0 Å². The summed E-state index contributed by atoms with van der Waals surface area (Å²) in [4.78, 5) is 32.4. The zero-order valence-corrected chi connectivity index (χ0v) is 21.1. The molecule has 3 aromatic rings. The van der Waals surface area contributed by atoms with Crippen LogP contribution in [0.15, 0.2) is 60.7 Å². The van der Waals surface area contributed by atoms with Crippen molar-refractivity contribution in [1.82, 2.24) is 9.80 Å². The Morgan fingerprint density at radius 1 is 0.778 bits per heavy atom. The fourth-order valence-corrected chi connectivity index (χ4v) is 5.01. The van der Waals surface area contributed by atoms with E-state index < -0.39 is 0 Å². The van der Waals surface area contributed by atoms with E-state index in [1.54, 1.807) is 32.4 Å². The fourth-order valence-electron chi connectivity index (χ4n) is 4.88. The number of halogens is 1. The SMILES string of the molecule is COc1ccc(CN2CCN(c3cccc4c3C(=O)N(Cc3ccc(Cl)cc3)C4=O)CC2)cc1OC.